The molecule has 0 aliphatic rings. The van der Waals surface area contributed by atoms with Gasteiger partial charge in [0.05, 0.1) is 0 Å². The Hall–Kier alpha value is -2.53. The second-order valence-electron chi connectivity index (χ2n) is 7.98. The van der Waals surface area contributed by atoms with Gasteiger partial charge in [-0.05, 0) is 55.5 Å². The minimum atomic E-state index is -0.617. The van der Waals surface area contributed by atoms with Gasteiger partial charge in [-0.15, -0.1) is 0 Å². The molecule has 0 radical (unpaired) electrons. The fraction of sp³-hybridized carbons (Fsp3) is 0.417. The Kier molecular flexibility index (Phi) is 8.72. The molecule has 0 unspecified atom stereocenters. The molecular formula is C24H31ClN2O3. The Labute approximate surface area is 184 Å². The van der Waals surface area contributed by atoms with Gasteiger partial charge in [0.15, 0.2) is 6.61 Å². The number of nitrogens with one attached hydrogen (secondary N) is 1. The normalized spacial score (nSPS) is 11.8. The summed E-state index contributed by atoms with van der Waals surface area (Å²) >= 11 is 6.21. The minimum Gasteiger partial charge on any atom is -0.484 e. The van der Waals surface area contributed by atoms with Gasteiger partial charge >= 0.3 is 0 Å². The quantitative estimate of drug-likeness (QED) is 0.636. The lowest BCUT2D eigenvalue weighted by atomic mass is 10.1. The van der Waals surface area contributed by atoms with Gasteiger partial charge in [0.1, 0.15) is 11.8 Å². The molecule has 0 saturated carbocycles. The fourth-order valence-corrected chi connectivity index (χ4v) is 3.14. The van der Waals surface area contributed by atoms with Crippen LogP contribution in [-0.4, -0.2) is 35.9 Å². The molecule has 5 nitrogen and oxygen atoms in total. The summed E-state index contributed by atoms with van der Waals surface area (Å²) < 4.78 is 5.75. The average Bonchev–Trinajstić information content (AvgIpc) is 2.72. The summed E-state index contributed by atoms with van der Waals surface area (Å²) in [4.78, 5) is 27.2. The first-order chi connectivity index (χ1) is 14.2. The first kappa shape index (κ1) is 23.7. The summed E-state index contributed by atoms with van der Waals surface area (Å²) in [5.41, 5.74) is 2.73. The van der Waals surface area contributed by atoms with E-state index in [4.69, 9.17) is 16.3 Å². The third kappa shape index (κ3) is 6.77. The van der Waals surface area contributed by atoms with E-state index in [1.165, 1.54) is 0 Å². The van der Waals surface area contributed by atoms with E-state index in [2.05, 4.69) is 5.32 Å². The second-order valence-corrected chi connectivity index (χ2v) is 8.36. The number of aryl methyl sites for hydroxylation is 2. The molecule has 0 aliphatic carbocycles. The maximum absolute atomic E-state index is 13.0. The summed E-state index contributed by atoms with van der Waals surface area (Å²) in [6.07, 6.45) is 0. The molecule has 0 fully saturated rings. The van der Waals surface area contributed by atoms with Crippen LogP contribution >= 0.6 is 11.6 Å². The van der Waals surface area contributed by atoms with Crippen molar-refractivity contribution in [2.75, 3.05) is 13.2 Å². The predicted molar refractivity (Wildman–Crippen MR) is 121 cm³/mol. The molecule has 2 aromatic rings. The second kappa shape index (κ2) is 11.0. The van der Waals surface area contributed by atoms with Crippen molar-refractivity contribution in [3.8, 4) is 5.75 Å². The first-order valence-electron chi connectivity index (χ1n) is 10.2. The van der Waals surface area contributed by atoms with E-state index in [9.17, 15) is 9.59 Å². The van der Waals surface area contributed by atoms with Gasteiger partial charge in [-0.2, -0.15) is 0 Å². The van der Waals surface area contributed by atoms with Crippen LogP contribution in [0.4, 0.5) is 0 Å². The van der Waals surface area contributed by atoms with Crippen molar-refractivity contribution in [3.63, 3.8) is 0 Å². The van der Waals surface area contributed by atoms with Crippen LogP contribution in [0.25, 0.3) is 0 Å². The Morgan fingerprint density at radius 2 is 1.67 bits per heavy atom. The van der Waals surface area contributed by atoms with Crippen molar-refractivity contribution >= 4 is 23.4 Å². The molecule has 1 N–H and O–H groups in total. The lowest BCUT2D eigenvalue weighted by Crippen LogP contribution is -2.49. The SMILES string of the molecule is Cc1cc(OCC(=O)N(Cc2ccccc2)[C@H](C)C(=O)NCC(C)C)cc(C)c1Cl. The molecule has 162 valence electrons. The van der Waals surface area contributed by atoms with Crippen LogP contribution < -0.4 is 10.1 Å². The van der Waals surface area contributed by atoms with Crippen LogP contribution in [0, 0.1) is 19.8 Å². The summed E-state index contributed by atoms with van der Waals surface area (Å²) in [5.74, 6) is 0.487. The molecular weight excluding hydrogens is 400 g/mol. The highest BCUT2D eigenvalue weighted by Crippen LogP contribution is 2.26. The highest BCUT2D eigenvalue weighted by molar-refractivity contribution is 6.32. The van der Waals surface area contributed by atoms with Crippen LogP contribution in [0.2, 0.25) is 5.02 Å². The van der Waals surface area contributed by atoms with E-state index in [-0.39, 0.29) is 18.4 Å². The number of amides is 2. The zero-order valence-corrected chi connectivity index (χ0v) is 19.1. The minimum absolute atomic E-state index is 0.158. The van der Waals surface area contributed by atoms with Gasteiger partial charge in [-0.3, -0.25) is 9.59 Å². The maximum Gasteiger partial charge on any atom is 0.261 e. The lowest BCUT2D eigenvalue weighted by Gasteiger charge is -2.29. The Bertz CT molecular complexity index is 845. The Morgan fingerprint density at radius 1 is 1.07 bits per heavy atom. The van der Waals surface area contributed by atoms with Crippen molar-refractivity contribution in [2.45, 2.75) is 47.2 Å². The van der Waals surface area contributed by atoms with Crippen molar-refractivity contribution < 1.29 is 14.3 Å². The number of carbonyl (C=O) groups is 2. The number of halogens is 1. The van der Waals surface area contributed by atoms with Gasteiger partial charge in [0.25, 0.3) is 5.91 Å². The van der Waals surface area contributed by atoms with Crippen molar-refractivity contribution in [1.82, 2.24) is 10.2 Å². The summed E-state index contributed by atoms with van der Waals surface area (Å²) in [6, 6.07) is 12.6. The largest absolute Gasteiger partial charge is 0.484 e. The number of hydrogen-bond donors (Lipinski definition) is 1. The average molecular weight is 431 g/mol. The zero-order valence-electron chi connectivity index (χ0n) is 18.4. The number of nitrogens with zero attached hydrogens (tertiary/aromatic N) is 1. The monoisotopic (exact) mass is 430 g/mol. The molecule has 0 bridgehead atoms. The molecule has 2 rings (SSSR count). The first-order valence-corrected chi connectivity index (χ1v) is 10.6. The molecule has 30 heavy (non-hydrogen) atoms. The van der Waals surface area contributed by atoms with E-state index in [1.54, 1.807) is 11.8 Å². The van der Waals surface area contributed by atoms with Gasteiger partial charge in [-0.1, -0.05) is 55.8 Å². The van der Waals surface area contributed by atoms with Crippen LogP contribution in [0.5, 0.6) is 5.75 Å². The summed E-state index contributed by atoms with van der Waals surface area (Å²) in [7, 11) is 0. The Morgan fingerprint density at radius 3 is 2.23 bits per heavy atom. The van der Waals surface area contributed by atoms with Crippen molar-refractivity contribution in [3.05, 3.63) is 64.2 Å². The summed E-state index contributed by atoms with van der Waals surface area (Å²) in [6.45, 7) is 10.3. The fourth-order valence-electron chi connectivity index (χ4n) is 3.03. The standard InChI is InChI=1S/C24H31ClN2O3/c1-16(2)13-26-24(29)19(5)27(14-20-9-7-6-8-10-20)22(28)15-30-21-11-17(3)23(25)18(4)12-21/h6-12,16,19H,13-15H2,1-5H3,(H,26,29)/t19-/m1/s1. The number of ether oxygens (including phenoxy) is 1. The molecule has 0 heterocycles. The molecule has 0 aromatic heterocycles. The molecule has 2 amide bonds. The third-order valence-electron chi connectivity index (χ3n) is 4.82. The Balaban J connectivity index is 2.14. The van der Waals surface area contributed by atoms with Gasteiger partial charge < -0.3 is 15.0 Å². The van der Waals surface area contributed by atoms with Gasteiger partial charge in [-0.25, -0.2) is 0 Å². The van der Waals surface area contributed by atoms with Crippen molar-refractivity contribution in [1.29, 1.82) is 0 Å². The number of hydrogen-bond acceptors (Lipinski definition) is 3. The predicted octanol–water partition coefficient (Wildman–Crippen LogP) is 4.53. The number of rotatable bonds is 9. The number of benzene rings is 2. The highest BCUT2D eigenvalue weighted by atomic mass is 35.5. The molecule has 0 aliphatic heterocycles. The van der Waals surface area contributed by atoms with Gasteiger partial charge in [0, 0.05) is 18.1 Å². The molecule has 1 atom stereocenters. The van der Waals surface area contributed by atoms with Crippen molar-refractivity contribution in [2.24, 2.45) is 5.92 Å². The smallest absolute Gasteiger partial charge is 0.261 e. The van der Waals surface area contributed by atoms with E-state index in [0.29, 0.717) is 29.8 Å². The topological polar surface area (TPSA) is 58.6 Å². The van der Waals surface area contributed by atoms with E-state index in [1.807, 2.05) is 70.2 Å². The maximum atomic E-state index is 13.0. The van der Waals surface area contributed by atoms with Crippen LogP contribution in [0.15, 0.2) is 42.5 Å². The van der Waals surface area contributed by atoms with Gasteiger partial charge in [0.2, 0.25) is 5.91 Å². The number of carbonyl (C=O) groups excluding carboxylic acids is 2. The van der Waals surface area contributed by atoms with E-state index >= 15 is 0 Å². The van der Waals surface area contributed by atoms with Crippen LogP contribution in [0.3, 0.4) is 0 Å². The molecule has 2 aromatic carbocycles. The van der Waals surface area contributed by atoms with E-state index < -0.39 is 6.04 Å². The molecule has 0 spiro atoms. The van der Waals surface area contributed by atoms with Crippen LogP contribution in [0.1, 0.15) is 37.5 Å². The lowest BCUT2D eigenvalue weighted by molar-refractivity contribution is -0.142. The zero-order chi connectivity index (χ0) is 22.3. The third-order valence-corrected chi connectivity index (χ3v) is 5.42. The highest BCUT2D eigenvalue weighted by Gasteiger charge is 2.26. The summed E-state index contributed by atoms with van der Waals surface area (Å²) in [5, 5.41) is 3.60. The van der Waals surface area contributed by atoms with E-state index in [0.717, 1.165) is 16.7 Å². The molecule has 6 heteroatoms. The van der Waals surface area contributed by atoms with Crippen LogP contribution in [-0.2, 0) is 16.1 Å². The molecule has 0 saturated heterocycles.